The van der Waals surface area contributed by atoms with Crippen molar-refractivity contribution in [3.63, 3.8) is 0 Å². The Kier molecular flexibility index (Phi) is 7.35. The lowest BCUT2D eigenvalue weighted by molar-refractivity contribution is -0.123. The third-order valence-corrected chi connectivity index (χ3v) is 8.05. The average molecular weight is 523 g/mol. The molecule has 202 valence electrons. The van der Waals surface area contributed by atoms with Crippen LogP contribution in [0.15, 0.2) is 42.5 Å². The average Bonchev–Trinajstić information content (AvgIpc) is 3.33. The first kappa shape index (κ1) is 26.2. The lowest BCUT2D eigenvalue weighted by Crippen LogP contribution is -2.46. The number of likely N-dealkylation sites (tertiary alicyclic amines) is 1. The van der Waals surface area contributed by atoms with E-state index in [9.17, 15) is 22.4 Å². The summed E-state index contributed by atoms with van der Waals surface area (Å²) in [5.74, 6) is 0.179. The quantitative estimate of drug-likeness (QED) is 0.378. The topological polar surface area (TPSA) is 65.6 Å². The van der Waals surface area contributed by atoms with E-state index >= 15 is 0 Å². The number of alkyl halides is 4. The smallest absolute Gasteiger partial charge is 0.379 e. The third kappa shape index (κ3) is 5.56. The first-order chi connectivity index (χ1) is 17.6. The fourth-order valence-corrected chi connectivity index (χ4v) is 5.92. The molecule has 1 aromatic carbocycles. The van der Waals surface area contributed by atoms with Crippen LogP contribution < -0.4 is 16.0 Å². The van der Waals surface area contributed by atoms with E-state index in [1.807, 2.05) is 11.9 Å². The number of carbonyl (C=O) groups is 1. The molecule has 7 atom stereocenters. The minimum atomic E-state index is -4.57. The Bertz CT molecular complexity index is 1050. The molecule has 4 aliphatic rings. The van der Waals surface area contributed by atoms with Crippen molar-refractivity contribution in [2.24, 2.45) is 11.8 Å². The number of amides is 1. The van der Waals surface area contributed by atoms with Crippen LogP contribution in [0, 0.1) is 11.8 Å². The maximum atomic E-state index is 14.7. The lowest BCUT2D eigenvalue weighted by Gasteiger charge is -2.37. The Morgan fingerprint density at radius 1 is 1.32 bits per heavy atom. The highest BCUT2D eigenvalue weighted by Crippen LogP contribution is 2.49. The molecule has 3 heterocycles. The molecule has 10 heteroatoms. The molecule has 0 bridgehead atoms. The van der Waals surface area contributed by atoms with Crippen molar-refractivity contribution >= 4 is 11.6 Å². The Morgan fingerprint density at radius 2 is 2.14 bits per heavy atom. The number of piperidine rings is 1. The van der Waals surface area contributed by atoms with Crippen molar-refractivity contribution in [2.75, 3.05) is 38.6 Å². The van der Waals surface area contributed by atoms with Gasteiger partial charge < -0.3 is 20.3 Å². The van der Waals surface area contributed by atoms with E-state index in [4.69, 9.17) is 4.74 Å². The van der Waals surface area contributed by atoms with Gasteiger partial charge in [-0.1, -0.05) is 30.9 Å². The van der Waals surface area contributed by atoms with Crippen molar-refractivity contribution in [3.05, 3.63) is 53.6 Å². The number of carbonyl (C=O) groups excluding carboxylic acids is 1. The molecule has 1 aliphatic carbocycles. The number of nitrogens with one attached hydrogen (secondary N) is 3. The maximum absolute atomic E-state index is 14.7. The number of benzene rings is 1. The highest BCUT2D eigenvalue weighted by Gasteiger charge is 2.58. The Hall–Kier alpha value is -2.43. The lowest BCUT2D eigenvalue weighted by atomic mass is 9.85. The number of hydrogen-bond donors (Lipinski definition) is 3. The molecule has 1 amide bonds. The minimum Gasteiger partial charge on any atom is -0.379 e. The number of anilines is 1. The van der Waals surface area contributed by atoms with Gasteiger partial charge in [-0.3, -0.25) is 10.1 Å². The summed E-state index contributed by atoms with van der Waals surface area (Å²) >= 11 is 0. The van der Waals surface area contributed by atoms with Crippen LogP contribution in [-0.4, -0.2) is 74.6 Å². The highest BCUT2D eigenvalue weighted by molar-refractivity contribution is 5.83. The fourth-order valence-electron chi connectivity index (χ4n) is 5.92. The molecule has 1 saturated carbocycles. The summed E-state index contributed by atoms with van der Waals surface area (Å²) in [5, 5.41) is 9.23. The Morgan fingerprint density at radius 3 is 2.84 bits per heavy atom. The molecule has 0 spiro atoms. The van der Waals surface area contributed by atoms with E-state index in [0.29, 0.717) is 43.2 Å². The summed E-state index contributed by atoms with van der Waals surface area (Å²) in [5.41, 5.74) is 1.00. The predicted octanol–water partition coefficient (Wildman–Crippen LogP) is 3.52. The Balaban J connectivity index is 1.30. The van der Waals surface area contributed by atoms with Gasteiger partial charge in [0.1, 0.15) is 6.17 Å². The van der Waals surface area contributed by atoms with E-state index in [2.05, 4.69) is 22.5 Å². The number of hydrogen-bond acceptors (Lipinski definition) is 5. The minimum absolute atomic E-state index is 0.0361. The van der Waals surface area contributed by atoms with Gasteiger partial charge in [-0.25, -0.2) is 4.39 Å². The summed E-state index contributed by atoms with van der Waals surface area (Å²) in [6.45, 7) is 5.40. The van der Waals surface area contributed by atoms with Crippen molar-refractivity contribution in [1.29, 1.82) is 0 Å². The molecule has 1 aromatic rings. The molecule has 5 rings (SSSR count). The molecule has 0 aromatic heterocycles. The molecule has 2 unspecified atom stereocenters. The molecule has 2 saturated heterocycles. The van der Waals surface area contributed by atoms with Gasteiger partial charge in [0.15, 0.2) is 0 Å². The largest absolute Gasteiger partial charge is 0.413 e. The second-order valence-electron chi connectivity index (χ2n) is 10.6. The van der Waals surface area contributed by atoms with Crippen molar-refractivity contribution in [2.45, 2.75) is 55.8 Å². The summed E-state index contributed by atoms with van der Waals surface area (Å²) in [6, 6.07) is 3.22. The molecule has 0 radical (unpaired) electrons. The maximum Gasteiger partial charge on any atom is 0.413 e. The molecule has 3 aliphatic heterocycles. The van der Waals surface area contributed by atoms with E-state index in [1.54, 1.807) is 30.4 Å². The molecular formula is C27H34F4N4O2. The van der Waals surface area contributed by atoms with Crippen LogP contribution in [0.2, 0.25) is 0 Å². The van der Waals surface area contributed by atoms with Gasteiger partial charge in [0, 0.05) is 49.5 Å². The van der Waals surface area contributed by atoms with Crippen LogP contribution in [0.4, 0.5) is 23.2 Å². The standard InChI is InChI=1S/C27H34F4N4O2/c1-15(27(29,30)31)24-17-6-3-7-21(34-22-8-11-35(2)14-20(22)28)19(17)13-16(33-24)5-4-10-32-26(36)23-18-9-12-37-25(18)23/h3-7,16,18,20,22-25,33-34H,1,8-14H2,2H3,(H,32,36)/b5-4+/t16?,18-,20-,22+,23-,24?,25-/m0/s1. The fraction of sp³-hybridized carbons (Fsp3) is 0.593. The third-order valence-electron chi connectivity index (χ3n) is 8.05. The van der Waals surface area contributed by atoms with Gasteiger partial charge in [-0.2, -0.15) is 13.2 Å². The van der Waals surface area contributed by atoms with E-state index in [0.717, 1.165) is 18.5 Å². The number of halogens is 4. The second kappa shape index (κ2) is 10.4. The molecule has 3 fully saturated rings. The normalized spacial score (nSPS) is 33.6. The number of fused-ring (bicyclic) bond motifs is 2. The Labute approximate surface area is 214 Å². The van der Waals surface area contributed by atoms with E-state index in [1.165, 1.54) is 0 Å². The van der Waals surface area contributed by atoms with Crippen molar-refractivity contribution in [3.8, 4) is 0 Å². The van der Waals surface area contributed by atoms with Gasteiger partial charge >= 0.3 is 6.18 Å². The van der Waals surface area contributed by atoms with Crippen LogP contribution in [0.1, 0.15) is 30.0 Å². The molecular weight excluding hydrogens is 488 g/mol. The van der Waals surface area contributed by atoms with Gasteiger partial charge in [0.25, 0.3) is 0 Å². The zero-order valence-corrected chi connectivity index (χ0v) is 20.9. The number of ether oxygens (including phenoxy) is 1. The SMILES string of the molecule is C=C(C1NC(/C=C/CNC(=O)[C@H]2[C@@H]3CCO[C@@H]32)Cc2c(N[C@@H]3CCN(C)C[C@@H]3F)cccc21)C(F)(F)F. The molecule has 6 nitrogen and oxygen atoms in total. The van der Waals surface area contributed by atoms with Crippen LogP contribution in [-0.2, 0) is 16.0 Å². The van der Waals surface area contributed by atoms with Gasteiger partial charge in [-0.15, -0.1) is 0 Å². The van der Waals surface area contributed by atoms with Gasteiger partial charge in [-0.05, 0) is 43.5 Å². The molecule has 3 N–H and O–H groups in total. The van der Waals surface area contributed by atoms with E-state index < -0.39 is 36.0 Å². The summed E-state index contributed by atoms with van der Waals surface area (Å²) in [7, 11) is 1.87. The van der Waals surface area contributed by atoms with Crippen LogP contribution >= 0.6 is 0 Å². The van der Waals surface area contributed by atoms with Crippen molar-refractivity contribution < 1.29 is 27.1 Å². The first-order valence-corrected chi connectivity index (χ1v) is 12.9. The molecule has 37 heavy (non-hydrogen) atoms. The van der Waals surface area contributed by atoms with E-state index in [-0.39, 0.29) is 24.5 Å². The monoisotopic (exact) mass is 522 g/mol. The summed E-state index contributed by atoms with van der Waals surface area (Å²) < 4.78 is 61.4. The van der Waals surface area contributed by atoms with Gasteiger partial charge in [0.05, 0.1) is 24.1 Å². The van der Waals surface area contributed by atoms with Gasteiger partial charge in [0.2, 0.25) is 5.91 Å². The van der Waals surface area contributed by atoms with Crippen LogP contribution in [0.5, 0.6) is 0 Å². The van der Waals surface area contributed by atoms with Crippen molar-refractivity contribution in [1.82, 2.24) is 15.5 Å². The summed E-state index contributed by atoms with van der Waals surface area (Å²) in [6.07, 6.45) is -0.121. The predicted molar refractivity (Wildman–Crippen MR) is 133 cm³/mol. The summed E-state index contributed by atoms with van der Waals surface area (Å²) in [4.78, 5) is 14.3. The highest BCUT2D eigenvalue weighted by atomic mass is 19.4. The van der Waals surface area contributed by atoms with Crippen LogP contribution in [0.25, 0.3) is 0 Å². The zero-order chi connectivity index (χ0) is 26.3. The number of rotatable bonds is 7. The first-order valence-electron chi connectivity index (χ1n) is 12.9. The second-order valence-corrected chi connectivity index (χ2v) is 10.6. The zero-order valence-electron chi connectivity index (χ0n) is 20.9. The van der Waals surface area contributed by atoms with Crippen LogP contribution in [0.3, 0.4) is 0 Å². The number of nitrogens with zero attached hydrogens (tertiary/aromatic N) is 1.